The summed E-state index contributed by atoms with van der Waals surface area (Å²) in [5.74, 6) is 1.90. The van der Waals surface area contributed by atoms with Gasteiger partial charge in [-0.15, -0.1) is 0 Å². The maximum atomic E-state index is 13.0. The maximum Gasteiger partial charge on any atom is 0.225 e. The van der Waals surface area contributed by atoms with Gasteiger partial charge in [-0.25, -0.2) is 9.97 Å². The van der Waals surface area contributed by atoms with E-state index in [1.165, 1.54) is 0 Å². The smallest absolute Gasteiger partial charge is 0.225 e. The molecule has 7 heteroatoms. The van der Waals surface area contributed by atoms with Crippen molar-refractivity contribution < 1.29 is 4.79 Å². The number of nitrogens with zero attached hydrogens (tertiary/aromatic N) is 4. The molecular formula is C25H28ClN5O. The predicted molar refractivity (Wildman–Crippen MR) is 127 cm³/mol. The lowest BCUT2D eigenvalue weighted by molar-refractivity contribution is -0.136. The van der Waals surface area contributed by atoms with Crippen LogP contribution in [0.3, 0.4) is 0 Å². The van der Waals surface area contributed by atoms with Crippen molar-refractivity contribution in [1.82, 2.24) is 19.9 Å². The van der Waals surface area contributed by atoms with Gasteiger partial charge in [0.2, 0.25) is 5.91 Å². The van der Waals surface area contributed by atoms with E-state index in [1.54, 1.807) is 12.4 Å². The van der Waals surface area contributed by atoms with Crippen LogP contribution in [0.4, 0.5) is 11.6 Å². The lowest BCUT2D eigenvalue weighted by atomic mass is 9.92. The fraction of sp³-hybridized carbons (Fsp3) is 0.360. The topological polar surface area (TPSA) is 71.0 Å². The van der Waals surface area contributed by atoms with Crippen molar-refractivity contribution in [2.24, 2.45) is 5.92 Å². The van der Waals surface area contributed by atoms with Crippen LogP contribution in [-0.2, 0) is 11.2 Å². The van der Waals surface area contributed by atoms with Gasteiger partial charge in [-0.1, -0.05) is 36.7 Å². The first-order valence-electron chi connectivity index (χ1n) is 11.0. The van der Waals surface area contributed by atoms with Crippen LogP contribution in [-0.4, -0.2) is 38.8 Å². The van der Waals surface area contributed by atoms with Crippen LogP contribution >= 0.6 is 11.6 Å². The number of rotatable bonds is 6. The van der Waals surface area contributed by atoms with Gasteiger partial charge < -0.3 is 10.2 Å². The van der Waals surface area contributed by atoms with E-state index in [0.717, 1.165) is 48.6 Å². The molecule has 0 unspecified atom stereocenters. The number of pyridine rings is 1. The van der Waals surface area contributed by atoms with Crippen molar-refractivity contribution in [3.63, 3.8) is 0 Å². The van der Waals surface area contributed by atoms with E-state index in [0.29, 0.717) is 23.2 Å². The average Bonchev–Trinajstić information content (AvgIpc) is 2.80. The van der Waals surface area contributed by atoms with Crippen molar-refractivity contribution in [1.29, 1.82) is 0 Å². The van der Waals surface area contributed by atoms with Crippen LogP contribution in [0.2, 0.25) is 5.02 Å². The number of benzene rings is 1. The molecule has 1 N–H and O–H groups in total. The molecule has 3 aromatic rings. The summed E-state index contributed by atoms with van der Waals surface area (Å²) in [5.41, 5.74) is 3.11. The second-order valence-corrected chi connectivity index (χ2v) is 8.89. The number of likely N-dealkylation sites (tertiary alicyclic amines) is 1. The number of hydrogen-bond donors (Lipinski definition) is 1. The highest BCUT2D eigenvalue weighted by Gasteiger charge is 2.27. The molecule has 1 atom stereocenters. The van der Waals surface area contributed by atoms with Gasteiger partial charge >= 0.3 is 0 Å². The minimum Gasteiger partial charge on any atom is -0.342 e. The number of hydrogen-bond acceptors (Lipinski definition) is 5. The first kappa shape index (κ1) is 22.2. The van der Waals surface area contributed by atoms with Gasteiger partial charge in [-0.05, 0) is 55.5 Å². The number of anilines is 2. The molecule has 0 radical (unpaired) electrons. The first-order valence-corrected chi connectivity index (χ1v) is 11.4. The van der Waals surface area contributed by atoms with Crippen LogP contribution in [0.5, 0.6) is 0 Å². The Morgan fingerprint density at radius 1 is 1.22 bits per heavy atom. The molecule has 1 aliphatic rings. The highest BCUT2D eigenvalue weighted by atomic mass is 35.5. The van der Waals surface area contributed by atoms with Crippen molar-refractivity contribution in [3.05, 3.63) is 76.8 Å². The van der Waals surface area contributed by atoms with E-state index >= 15 is 0 Å². The van der Waals surface area contributed by atoms with Gasteiger partial charge in [0.25, 0.3) is 0 Å². The summed E-state index contributed by atoms with van der Waals surface area (Å²) in [7, 11) is 0. The first-order chi connectivity index (χ1) is 15.5. The highest BCUT2D eigenvalue weighted by Crippen LogP contribution is 2.28. The number of carbonyl (C=O) groups is 1. The Balaban J connectivity index is 1.34. The van der Waals surface area contributed by atoms with Crippen molar-refractivity contribution in [2.45, 2.75) is 39.0 Å². The third-order valence-electron chi connectivity index (χ3n) is 5.99. The fourth-order valence-corrected chi connectivity index (χ4v) is 4.40. The van der Waals surface area contributed by atoms with Crippen LogP contribution in [0.15, 0.2) is 55.0 Å². The van der Waals surface area contributed by atoms with E-state index < -0.39 is 0 Å². The molecule has 6 nitrogen and oxygen atoms in total. The minimum absolute atomic E-state index is 0.0704. The molecule has 166 valence electrons. The fourth-order valence-electron chi connectivity index (χ4n) is 4.19. The molecule has 0 spiro atoms. The van der Waals surface area contributed by atoms with E-state index in [2.05, 4.69) is 15.3 Å². The Labute approximate surface area is 194 Å². The Kier molecular flexibility index (Phi) is 7.00. The Morgan fingerprint density at radius 3 is 2.78 bits per heavy atom. The lowest BCUT2D eigenvalue weighted by Crippen LogP contribution is -2.41. The normalized spacial score (nSPS) is 15.4. The van der Waals surface area contributed by atoms with Crippen molar-refractivity contribution in [2.75, 3.05) is 18.4 Å². The summed E-state index contributed by atoms with van der Waals surface area (Å²) in [5, 5.41) is 3.97. The molecule has 1 aromatic carbocycles. The monoisotopic (exact) mass is 449 g/mol. The zero-order valence-electron chi connectivity index (χ0n) is 18.5. The van der Waals surface area contributed by atoms with Gasteiger partial charge in [-0.3, -0.25) is 9.78 Å². The maximum absolute atomic E-state index is 13.0. The number of aromatic nitrogens is 3. The van der Waals surface area contributed by atoms with Crippen molar-refractivity contribution >= 4 is 29.1 Å². The molecule has 1 fully saturated rings. The highest BCUT2D eigenvalue weighted by molar-refractivity contribution is 6.30. The minimum atomic E-state index is -0.0704. The molecule has 0 bridgehead atoms. The summed E-state index contributed by atoms with van der Waals surface area (Å²) in [4.78, 5) is 28.5. The zero-order chi connectivity index (χ0) is 22.5. The number of carbonyl (C=O) groups excluding carboxylic acids is 1. The average molecular weight is 450 g/mol. The van der Waals surface area contributed by atoms with Crippen LogP contribution < -0.4 is 5.32 Å². The van der Waals surface area contributed by atoms with Gasteiger partial charge in [0.1, 0.15) is 11.6 Å². The van der Waals surface area contributed by atoms with E-state index in [-0.39, 0.29) is 11.8 Å². The van der Waals surface area contributed by atoms with Gasteiger partial charge in [0.05, 0.1) is 11.9 Å². The number of amides is 1. The number of aryl methyl sites for hydroxylation is 1. The van der Waals surface area contributed by atoms with E-state index in [1.807, 2.05) is 61.3 Å². The Hall–Kier alpha value is -2.99. The third kappa shape index (κ3) is 5.43. The lowest BCUT2D eigenvalue weighted by Gasteiger charge is -2.33. The molecule has 4 rings (SSSR count). The zero-order valence-corrected chi connectivity index (χ0v) is 19.2. The molecule has 32 heavy (non-hydrogen) atoms. The molecule has 0 aliphatic carbocycles. The molecule has 1 aliphatic heterocycles. The molecule has 0 saturated carbocycles. The van der Waals surface area contributed by atoms with E-state index in [4.69, 9.17) is 16.6 Å². The summed E-state index contributed by atoms with van der Waals surface area (Å²) in [6, 6.07) is 11.7. The molecule has 1 saturated heterocycles. The quantitative estimate of drug-likeness (QED) is 0.562. The summed E-state index contributed by atoms with van der Waals surface area (Å²) >= 11 is 6.08. The number of piperidine rings is 1. The second-order valence-electron chi connectivity index (χ2n) is 8.46. The Morgan fingerprint density at radius 2 is 2.03 bits per heavy atom. The number of halogens is 1. The van der Waals surface area contributed by atoms with Gasteiger partial charge in [0.15, 0.2) is 0 Å². The van der Waals surface area contributed by atoms with Gasteiger partial charge in [-0.2, -0.15) is 0 Å². The summed E-state index contributed by atoms with van der Waals surface area (Å²) in [6.07, 6.45) is 7.78. The standard InChI is InChI=1S/C25H28ClN5O/c1-17-5-4-10-28-24(17)30-23-16-27-15-22(29-23)20-8-11-31(12-9-20)25(32)18(2)13-19-6-3-7-21(26)14-19/h3-7,10,14-16,18,20H,8-9,11-13H2,1-2H3,(H,28,29,30)/t18-/m1/s1. The largest absolute Gasteiger partial charge is 0.342 e. The predicted octanol–water partition coefficient (Wildman–Crippen LogP) is 5.16. The third-order valence-corrected chi connectivity index (χ3v) is 6.22. The molecule has 3 heterocycles. The number of nitrogens with one attached hydrogen (secondary N) is 1. The summed E-state index contributed by atoms with van der Waals surface area (Å²) < 4.78 is 0. The van der Waals surface area contributed by atoms with Crippen molar-refractivity contribution in [3.8, 4) is 0 Å². The second kappa shape index (κ2) is 10.1. The van der Waals surface area contributed by atoms with Crippen LogP contribution in [0.1, 0.15) is 42.5 Å². The summed E-state index contributed by atoms with van der Waals surface area (Å²) in [6.45, 7) is 5.48. The molecule has 2 aromatic heterocycles. The molecular weight excluding hydrogens is 422 g/mol. The van der Waals surface area contributed by atoms with Crippen LogP contribution in [0, 0.1) is 12.8 Å². The van der Waals surface area contributed by atoms with Gasteiger partial charge in [0, 0.05) is 42.3 Å². The van der Waals surface area contributed by atoms with E-state index in [9.17, 15) is 4.79 Å². The Bertz CT molecular complexity index is 1080. The van der Waals surface area contributed by atoms with Crippen LogP contribution in [0.25, 0.3) is 0 Å². The SMILES string of the molecule is Cc1cccnc1Nc1cncc(C2CCN(C(=O)[C@H](C)Cc3cccc(Cl)c3)CC2)n1. The molecule has 1 amide bonds.